The third kappa shape index (κ3) is 4.56. The molecule has 1 aliphatic carbocycles. The van der Waals surface area contributed by atoms with Gasteiger partial charge in [-0.2, -0.15) is 0 Å². The molecule has 0 fully saturated rings. The zero-order valence-corrected chi connectivity index (χ0v) is 25.3. The standard InChI is InChI=1S/C42H31N3/c1-27-24-36-33-21-13-12-20-32(33)25-37(36)39(28(27)2)41-35(30-16-8-4-9-17-30)26-34(29-14-6-3-7-15-29)40(31-18-10-5-11-19-31)42(41)38-22-23-43-45-44-38/h3-24,26H,25H2,1-2H3. The van der Waals surface area contributed by atoms with Crippen LogP contribution in [0.4, 0.5) is 0 Å². The van der Waals surface area contributed by atoms with Crippen LogP contribution >= 0.6 is 0 Å². The first kappa shape index (κ1) is 26.9. The summed E-state index contributed by atoms with van der Waals surface area (Å²) in [6, 6.07) is 47.8. The minimum absolute atomic E-state index is 0.805. The minimum atomic E-state index is 0.805. The summed E-state index contributed by atoms with van der Waals surface area (Å²) in [5.41, 5.74) is 19.2. The minimum Gasteiger partial charge on any atom is -0.139 e. The molecule has 0 spiro atoms. The zero-order chi connectivity index (χ0) is 30.3. The maximum absolute atomic E-state index is 4.71. The number of hydrogen-bond donors (Lipinski definition) is 0. The fourth-order valence-electron chi connectivity index (χ4n) is 7.03. The largest absolute Gasteiger partial charge is 0.139 e. The van der Waals surface area contributed by atoms with E-state index in [0.29, 0.717) is 0 Å². The van der Waals surface area contributed by atoms with Crippen molar-refractivity contribution in [2.24, 2.45) is 0 Å². The molecule has 3 heteroatoms. The van der Waals surface area contributed by atoms with Crippen LogP contribution < -0.4 is 0 Å². The van der Waals surface area contributed by atoms with E-state index >= 15 is 0 Å². The highest BCUT2D eigenvalue weighted by Crippen LogP contribution is 2.53. The van der Waals surface area contributed by atoms with E-state index in [4.69, 9.17) is 5.10 Å². The van der Waals surface area contributed by atoms with Gasteiger partial charge in [-0.1, -0.05) is 121 Å². The Labute approximate surface area is 263 Å². The van der Waals surface area contributed by atoms with E-state index in [0.717, 1.165) is 45.5 Å². The molecule has 214 valence electrons. The molecule has 0 radical (unpaired) electrons. The maximum atomic E-state index is 4.71. The van der Waals surface area contributed by atoms with E-state index in [1.165, 1.54) is 50.1 Å². The number of rotatable bonds is 5. The maximum Gasteiger partial charge on any atom is 0.0976 e. The van der Waals surface area contributed by atoms with Gasteiger partial charge in [0, 0.05) is 11.1 Å². The molecule has 0 aliphatic heterocycles. The Morgan fingerprint density at radius 3 is 1.73 bits per heavy atom. The Balaban J connectivity index is 1.61. The lowest BCUT2D eigenvalue weighted by atomic mass is 9.77. The van der Waals surface area contributed by atoms with Gasteiger partial charge in [0.05, 0.1) is 11.9 Å². The third-order valence-electron chi connectivity index (χ3n) is 9.20. The first-order valence-corrected chi connectivity index (χ1v) is 15.4. The Morgan fingerprint density at radius 1 is 0.489 bits per heavy atom. The van der Waals surface area contributed by atoms with Crippen LogP contribution in [0.15, 0.2) is 140 Å². The Bertz CT molecular complexity index is 2170. The molecule has 7 aromatic rings. The Kier molecular flexibility index (Phi) is 6.65. The highest BCUT2D eigenvalue weighted by molar-refractivity contribution is 6.08. The molecule has 0 N–H and O–H groups in total. The van der Waals surface area contributed by atoms with Crippen molar-refractivity contribution >= 4 is 0 Å². The Hall–Kier alpha value is -5.67. The SMILES string of the molecule is Cc1cc2c(c(-c3c(-c4ccccc4)cc(-c4ccccc4)c(-c4ccccc4)c3-c3ccnnn3)c1C)Cc1ccccc1-2. The zero-order valence-electron chi connectivity index (χ0n) is 25.3. The summed E-state index contributed by atoms with van der Waals surface area (Å²) >= 11 is 0. The van der Waals surface area contributed by atoms with Gasteiger partial charge in [0.25, 0.3) is 0 Å². The van der Waals surface area contributed by atoms with Crippen molar-refractivity contribution in [2.75, 3.05) is 0 Å². The van der Waals surface area contributed by atoms with Gasteiger partial charge in [0.1, 0.15) is 0 Å². The van der Waals surface area contributed by atoms with Crippen molar-refractivity contribution < 1.29 is 0 Å². The molecule has 0 bridgehead atoms. The predicted molar refractivity (Wildman–Crippen MR) is 185 cm³/mol. The molecule has 1 aromatic heterocycles. The summed E-state index contributed by atoms with van der Waals surface area (Å²) < 4.78 is 0. The van der Waals surface area contributed by atoms with Crippen LogP contribution in [0.25, 0.3) is 66.9 Å². The van der Waals surface area contributed by atoms with Crippen molar-refractivity contribution in [1.82, 2.24) is 15.4 Å². The molecule has 0 atom stereocenters. The molecule has 0 amide bonds. The van der Waals surface area contributed by atoms with E-state index in [1.807, 2.05) is 6.07 Å². The quantitative estimate of drug-likeness (QED) is 0.204. The first-order chi connectivity index (χ1) is 22.2. The third-order valence-corrected chi connectivity index (χ3v) is 9.20. The number of fused-ring (bicyclic) bond motifs is 3. The molecule has 0 saturated heterocycles. The molecule has 45 heavy (non-hydrogen) atoms. The molecule has 8 rings (SSSR count). The summed E-state index contributed by atoms with van der Waals surface area (Å²) in [6.45, 7) is 4.52. The summed E-state index contributed by atoms with van der Waals surface area (Å²) in [7, 11) is 0. The summed E-state index contributed by atoms with van der Waals surface area (Å²) in [5, 5.41) is 13.0. The van der Waals surface area contributed by atoms with Gasteiger partial charge in [-0.05, 0) is 110 Å². The highest BCUT2D eigenvalue weighted by Gasteiger charge is 2.30. The lowest BCUT2D eigenvalue weighted by molar-refractivity contribution is 0.871. The number of aromatic nitrogens is 3. The monoisotopic (exact) mass is 577 g/mol. The molecular formula is C42H31N3. The second-order valence-electron chi connectivity index (χ2n) is 11.8. The van der Waals surface area contributed by atoms with Gasteiger partial charge in [0.2, 0.25) is 0 Å². The average Bonchev–Trinajstić information content (AvgIpc) is 3.47. The number of nitrogens with zero attached hydrogens (tertiary/aromatic N) is 3. The normalized spacial score (nSPS) is 11.7. The smallest absolute Gasteiger partial charge is 0.0976 e. The van der Waals surface area contributed by atoms with Gasteiger partial charge in [-0.15, -0.1) is 10.2 Å². The lowest BCUT2D eigenvalue weighted by Gasteiger charge is -2.26. The average molecular weight is 578 g/mol. The van der Waals surface area contributed by atoms with Gasteiger partial charge >= 0.3 is 0 Å². The number of hydrogen-bond acceptors (Lipinski definition) is 3. The van der Waals surface area contributed by atoms with E-state index < -0.39 is 0 Å². The summed E-state index contributed by atoms with van der Waals surface area (Å²) in [5.74, 6) is 0. The van der Waals surface area contributed by atoms with E-state index in [9.17, 15) is 0 Å². The fraction of sp³-hybridized carbons (Fsp3) is 0.0714. The Morgan fingerprint density at radius 2 is 1.09 bits per heavy atom. The molecule has 1 aliphatic rings. The topological polar surface area (TPSA) is 38.7 Å². The van der Waals surface area contributed by atoms with Gasteiger partial charge in [-0.25, -0.2) is 0 Å². The van der Waals surface area contributed by atoms with E-state index in [1.54, 1.807) is 6.20 Å². The van der Waals surface area contributed by atoms with Crippen LogP contribution in [0.2, 0.25) is 0 Å². The fourth-order valence-corrected chi connectivity index (χ4v) is 7.03. The van der Waals surface area contributed by atoms with Crippen LogP contribution in [0.3, 0.4) is 0 Å². The molecule has 6 aromatic carbocycles. The van der Waals surface area contributed by atoms with Crippen LogP contribution in [-0.4, -0.2) is 15.4 Å². The van der Waals surface area contributed by atoms with E-state index in [2.05, 4.69) is 152 Å². The second kappa shape index (κ2) is 11.1. The van der Waals surface area contributed by atoms with Crippen LogP contribution in [0, 0.1) is 13.8 Å². The molecule has 1 heterocycles. The summed E-state index contributed by atoms with van der Waals surface area (Å²) in [6.07, 6.45) is 2.64. The second-order valence-corrected chi connectivity index (χ2v) is 11.8. The first-order valence-electron chi connectivity index (χ1n) is 15.4. The van der Waals surface area contributed by atoms with Crippen LogP contribution in [-0.2, 0) is 6.42 Å². The van der Waals surface area contributed by atoms with Gasteiger partial charge < -0.3 is 0 Å². The molecule has 3 nitrogen and oxygen atoms in total. The van der Waals surface area contributed by atoms with Crippen molar-refractivity contribution in [3.63, 3.8) is 0 Å². The van der Waals surface area contributed by atoms with Crippen LogP contribution in [0.1, 0.15) is 22.3 Å². The van der Waals surface area contributed by atoms with Gasteiger partial charge in [-0.3, -0.25) is 0 Å². The molecule has 0 saturated carbocycles. The van der Waals surface area contributed by atoms with Crippen molar-refractivity contribution in [2.45, 2.75) is 20.3 Å². The van der Waals surface area contributed by atoms with Gasteiger partial charge in [0.15, 0.2) is 0 Å². The molecule has 0 unspecified atom stereocenters. The predicted octanol–water partition coefficient (Wildman–Crippen LogP) is 10.4. The summed E-state index contributed by atoms with van der Waals surface area (Å²) in [4.78, 5) is 0. The van der Waals surface area contributed by atoms with E-state index in [-0.39, 0.29) is 0 Å². The molecular weight excluding hydrogens is 546 g/mol. The lowest BCUT2D eigenvalue weighted by Crippen LogP contribution is -2.04. The van der Waals surface area contributed by atoms with Crippen molar-refractivity contribution in [3.8, 4) is 66.9 Å². The van der Waals surface area contributed by atoms with Crippen molar-refractivity contribution in [3.05, 3.63) is 162 Å². The highest BCUT2D eigenvalue weighted by atomic mass is 15.3. The van der Waals surface area contributed by atoms with Crippen molar-refractivity contribution in [1.29, 1.82) is 0 Å². The number of benzene rings is 6. The number of aryl methyl sites for hydroxylation is 1. The van der Waals surface area contributed by atoms with Crippen LogP contribution in [0.5, 0.6) is 0 Å².